The minimum Gasteiger partial charge on any atom is -0.453 e. The maximum Gasteiger partial charge on any atom is 0.407 e. The number of hydrogen-bond donors (Lipinski definition) is 4. The number of H-pyrrole nitrogens is 2. The summed E-state index contributed by atoms with van der Waals surface area (Å²) < 4.78 is 9.72. The van der Waals surface area contributed by atoms with Gasteiger partial charge in [0.15, 0.2) is 0 Å². The van der Waals surface area contributed by atoms with Crippen LogP contribution in [-0.4, -0.2) is 93.1 Å². The first kappa shape index (κ1) is 49.0. The van der Waals surface area contributed by atoms with Gasteiger partial charge in [0.2, 0.25) is 11.8 Å². The predicted molar refractivity (Wildman–Crippen MR) is 284 cm³/mol. The molecule has 384 valence electrons. The topological polar surface area (TPSA) is 175 Å². The Morgan fingerprint density at radius 2 is 0.932 bits per heavy atom. The number of methoxy groups -OCH3 is 2. The van der Waals surface area contributed by atoms with Crippen molar-refractivity contribution < 1.29 is 28.7 Å². The van der Waals surface area contributed by atoms with Crippen LogP contribution in [0.4, 0.5) is 9.59 Å². The van der Waals surface area contributed by atoms with E-state index in [1.54, 1.807) is 0 Å². The number of ether oxygens (including phenoxy) is 2. The van der Waals surface area contributed by atoms with E-state index in [1.807, 2.05) is 49.9 Å². The second-order valence-corrected chi connectivity index (χ2v) is 22.6. The van der Waals surface area contributed by atoms with Crippen molar-refractivity contribution in [2.45, 2.75) is 116 Å². The predicted octanol–water partition coefficient (Wildman–Crippen LogP) is 10.6. The monoisotopic (exact) mass is 997 g/mol. The van der Waals surface area contributed by atoms with Crippen LogP contribution in [0.25, 0.3) is 44.8 Å². The number of hydrogen-bond acceptors (Lipinski definition) is 8. The van der Waals surface area contributed by atoms with Crippen LogP contribution in [0.1, 0.15) is 112 Å². The molecule has 14 rings (SSSR count). The molecule has 4 bridgehead atoms. The Kier molecular flexibility index (Phi) is 13.0. The van der Waals surface area contributed by atoms with Crippen molar-refractivity contribution in [2.75, 3.05) is 27.3 Å². The molecule has 14 heteroatoms. The third kappa shape index (κ3) is 9.71. The van der Waals surface area contributed by atoms with Gasteiger partial charge in [-0.1, -0.05) is 113 Å². The van der Waals surface area contributed by atoms with Crippen LogP contribution in [0, 0.1) is 22.7 Å². The number of carbonyl (C=O) groups is 4. The lowest BCUT2D eigenvalue weighted by molar-refractivity contribution is -0.136. The van der Waals surface area contributed by atoms with Crippen molar-refractivity contribution in [3.05, 3.63) is 131 Å². The third-order valence-corrected chi connectivity index (χ3v) is 16.8. The van der Waals surface area contributed by atoms with Crippen molar-refractivity contribution in [1.29, 1.82) is 0 Å². The Balaban J connectivity index is 0.774. The van der Waals surface area contributed by atoms with E-state index in [0.29, 0.717) is 13.1 Å². The van der Waals surface area contributed by atoms with Gasteiger partial charge in [0.05, 0.1) is 50.1 Å². The lowest BCUT2D eigenvalue weighted by Gasteiger charge is -2.30. The zero-order valence-electron chi connectivity index (χ0n) is 43.4. The van der Waals surface area contributed by atoms with Gasteiger partial charge in [0.1, 0.15) is 23.7 Å². The van der Waals surface area contributed by atoms with Crippen molar-refractivity contribution in [1.82, 2.24) is 40.4 Å². The highest BCUT2D eigenvalue weighted by molar-refractivity contribution is 5.87. The number of aromatic nitrogens is 4. The number of carbonyl (C=O) groups excluding carboxylic acids is 4. The van der Waals surface area contributed by atoms with E-state index in [2.05, 4.69) is 106 Å². The van der Waals surface area contributed by atoms with Crippen LogP contribution in [0.5, 0.6) is 0 Å². The lowest BCUT2D eigenvalue weighted by atomic mass is 9.87. The Morgan fingerprint density at radius 1 is 0.554 bits per heavy atom. The fourth-order valence-corrected chi connectivity index (χ4v) is 12.0. The molecule has 4 N–H and O–H groups in total. The largest absolute Gasteiger partial charge is 0.453 e. The van der Waals surface area contributed by atoms with E-state index < -0.39 is 24.3 Å². The Bertz CT molecular complexity index is 2890. The summed E-state index contributed by atoms with van der Waals surface area (Å²) in [5, 5.41) is 5.55. The van der Waals surface area contributed by atoms with E-state index in [-0.39, 0.29) is 46.6 Å². The summed E-state index contributed by atoms with van der Waals surface area (Å²) >= 11 is 0. The smallest absolute Gasteiger partial charge is 0.407 e. The molecule has 2 saturated carbocycles. The van der Waals surface area contributed by atoms with Crippen LogP contribution < -0.4 is 10.6 Å². The molecule has 2 aliphatic heterocycles. The van der Waals surface area contributed by atoms with E-state index in [1.165, 1.54) is 58.7 Å². The second-order valence-electron chi connectivity index (χ2n) is 22.6. The summed E-state index contributed by atoms with van der Waals surface area (Å²) in [6, 6.07) is 29.7. The van der Waals surface area contributed by atoms with Gasteiger partial charge in [-0.15, -0.1) is 0 Å². The molecule has 74 heavy (non-hydrogen) atoms. The second kappa shape index (κ2) is 19.6. The van der Waals surface area contributed by atoms with Crippen LogP contribution in [0.2, 0.25) is 0 Å². The van der Waals surface area contributed by atoms with Gasteiger partial charge in [0, 0.05) is 13.1 Å². The summed E-state index contributed by atoms with van der Waals surface area (Å²) in [5.74, 6) is 1.15. The van der Waals surface area contributed by atoms with Crippen molar-refractivity contribution >= 4 is 24.0 Å². The Morgan fingerprint density at radius 3 is 1.28 bits per heavy atom. The van der Waals surface area contributed by atoms with E-state index in [9.17, 15) is 19.2 Å². The Hall–Kier alpha value is -7.22. The molecule has 4 aromatic carbocycles. The lowest BCUT2D eigenvalue weighted by Crippen LogP contribution is -2.51. The number of rotatable bonds is 12. The minimum atomic E-state index is -0.685. The molecular weight excluding hydrogens is 929 g/mol. The molecule has 4 amide bonds. The zero-order chi connectivity index (χ0) is 51.5. The van der Waals surface area contributed by atoms with E-state index >= 15 is 0 Å². The van der Waals surface area contributed by atoms with Gasteiger partial charge in [-0.2, -0.15) is 0 Å². The molecule has 8 aliphatic rings. The summed E-state index contributed by atoms with van der Waals surface area (Å²) in [7, 11) is 2.63. The van der Waals surface area contributed by atoms with Gasteiger partial charge >= 0.3 is 12.2 Å². The molecule has 2 aromatic heterocycles. The van der Waals surface area contributed by atoms with Gasteiger partial charge in [-0.05, 0) is 143 Å². The van der Waals surface area contributed by atoms with Gasteiger partial charge < -0.3 is 39.9 Å². The van der Waals surface area contributed by atoms with Gasteiger partial charge in [0.25, 0.3) is 0 Å². The van der Waals surface area contributed by atoms with Gasteiger partial charge in [-0.25, -0.2) is 19.6 Å². The average molecular weight is 997 g/mol. The third-order valence-electron chi connectivity index (χ3n) is 16.8. The molecule has 0 radical (unpaired) electrons. The molecule has 6 aromatic rings. The highest BCUT2D eigenvalue weighted by atomic mass is 16.5. The Labute approximate surface area is 433 Å². The summed E-state index contributed by atoms with van der Waals surface area (Å²) in [5.41, 5.74) is 14.2. The van der Waals surface area contributed by atoms with Crippen molar-refractivity contribution in [3.8, 4) is 44.8 Å². The molecule has 14 nitrogen and oxygen atoms in total. The highest BCUT2D eigenvalue weighted by Gasteiger charge is 2.56. The highest BCUT2D eigenvalue weighted by Crippen LogP contribution is 2.59. The number of aryl methyl sites for hydroxylation is 4. The summed E-state index contributed by atoms with van der Waals surface area (Å²) in [6.45, 7) is 9.08. The normalized spacial score (nSPS) is 19.9. The first-order chi connectivity index (χ1) is 35.7. The molecule has 4 atom stereocenters. The van der Waals surface area contributed by atoms with Crippen LogP contribution in [0.3, 0.4) is 0 Å². The number of nitrogens with zero attached hydrogens (tertiary/aromatic N) is 4. The zero-order valence-corrected chi connectivity index (χ0v) is 43.4. The standard InChI is InChI=1S/C60H68N8O6/c1-35(2)51(65-57(71)73-5)55(69)67-33-59(23-24-59)29-49(67)53-61-31-47(63-53)43-19-15-41(16-20-43)45-27-37-7-11-39(45)13-9-38-8-12-40(14-10-37)46(28-38)42-17-21-44(22-18-42)48-32-62-54(64-48)50-30-60(25-26-60)34-68(50)56(70)52(36(3)4)66-58(72)74-6/h7-8,11-12,15-22,27-28,31-32,35-36,49-52H,9-10,13-14,23-26,29-30,33-34H2,1-6H3,(H,61,63)(H,62,64)(H,65,71)(H,66,72)/t49-,50-,51-,52-/m0/s1. The van der Waals surface area contributed by atoms with Crippen LogP contribution in [0.15, 0.2) is 97.3 Å². The average Bonchev–Trinajstić information content (AvgIpc) is 3.98. The molecule has 6 aliphatic carbocycles. The fraction of sp³-hybridized carbons (Fsp3) is 0.433. The molecule has 4 fully saturated rings. The molecule has 0 unspecified atom stereocenters. The number of likely N-dealkylation sites (tertiary alicyclic amines) is 2. The summed E-state index contributed by atoms with van der Waals surface area (Å²) in [6.07, 6.45) is 12.2. The number of nitrogens with one attached hydrogen (secondary N) is 4. The summed E-state index contributed by atoms with van der Waals surface area (Å²) in [4.78, 5) is 73.2. The number of benzene rings is 4. The van der Waals surface area contributed by atoms with Crippen LogP contribution in [-0.2, 0) is 44.7 Å². The minimum absolute atomic E-state index is 0.0974. The number of aromatic amines is 2. The molecule has 2 spiro atoms. The van der Waals surface area contributed by atoms with E-state index in [0.717, 1.165) is 98.4 Å². The van der Waals surface area contributed by atoms with Crippen molar-refractivity contribution in [2.24, 2.45) is 22.7 Å². The maximum atomic E-state index is 14.0. The van der Waals surface area contributed by atoms with Crippen LogP contribution >= 0.6 is 0 Å². The first-order valence-corrected chi connectivity index (χ1v) is 26.6. The first-order valence-electron chi connectivity index (χ1n) is 26.6. The molecular formula is C60H68N8O6. The fourth-order valence-electron chi connectivity index (χ4n) is 12.0. The van der Waals surface area contributed by atoms with Gasteiger partial charge in [-0.3, -0.25) is 9.59 Å². The maximum absolute atomic E-state index is 14.0. The molecule has 2 saturated heterocycles. The van der Waals surface area contributed by atoms with E-state index in [4.69, 9.17) is 19.4 Å². The molecule has 4 heterocycles. The SMILES string of the molecule is COC(=O)N[C@H](C(=O)N1CC2(CC2)C[C@H]1c1ncc(-c2ccc(-c3cc4ccc3CCc3ccc(c(-c5ccc(-c6cnc([C@@H]7CC8(CC8)CN7C(=O)[C@@H](NC(=O)OC)C(C)C)[nH]6)cc5)c3)CC4)cc2)[nH]1)C(C)C. The number of imidazole rings is 2. The number of alkyl carbamates (subject to hydrolysis) is 2. The van der Waals surface area contributed by atoms with Crippen molar-refractivity contribution in [3.63, 3.8) is 0 Å². The quantitative estimate of drug-likeness (QED) is 0.0937. The number of amides is 4.